The summed E-state index contributed by atoms with van der Waals surface area (Å²) in [6.45, 7) is 3.66. The van der Waals surface area contributed by atoms with E-state index in [9.17, 15) is 0 Å². The van der Waals surface area contributed by atoms with Crippen LogP contribution in [0.4, 0.5) is 0 Å². The average Bonchev–Trinajstić information content (AvgIpc) is 2.57. The lowest BCUT2D eigenvalue weighted by molar-refractivity contribution is 0.106. The molecular formula is C12H25N3. The highest BCUT2D eigenvalue weighted by Crippen LogP contribution is 2.37. The summed E-state index contributed by atoms with van der Waals surface area (Å²) in [5.74, 6) is 1.88. The second kappa shape index (κ2) is 4.81. The Balaban J connectivity index is 1.98. The van der Waals surface area contributed by atoms with Crippen LogP contribution in [0.2, 0.25) is 0 Å². The van der Waals surface area contributed by atoms with Crippen molar-refractivity contribution < 1.29 is 0 Å². The lowest BCUT2D eigenvalue weighted by Gasteiger charge is -2.39. The van der Waals surface area contributed by atoms with E-state index in [4.69, 9.17) is 0 Å². The van der Waals surface area contributed by atoms with Crippen LogP contribution >= 0.6 is 0 Å². The maximum atomic E-state index is 3.27. The maximum absolute atomic E-state index is 3.27. The minimum absolute atomic E-state index is 0.807. The first kappa shape index (κ1) is 11.4. The van der Waals surface area contributed by atoms with Gasteiger partial charge in [-0.05, 0) is 45.8 Å². The third kappa shape index (κ3) is 2.35. The molecule has 2 aliphatic rings. The molecule has 3 atom stereocenters. The van der Waals surface area contributed by atoms with Gasteiger partial charge in [-0.2, -0.15) is 0 Å². The van der Waals surface area contributed by atoms with Crippen molar-refractivity contribution in [2.75, 3.05) is 40.9 Å². The molecule has 3 nitrogen and oxygen atoms in total. The molecule has 3 unspecified atom stereocenters. The topological polar surface area (TPSA) is 18.5 Å². The fourth-order valence-electron chi connectivity index (χ4n) is 3.58. The van der Waals surface area contributed by atoms with E-state index < -0.39 is 0 Å². The standard InChI is InChI=1S/C12H25N3/c1-13-9-15(3)12-6-4-5-10-7-14(2)8-11(10)12/h10-13H,4-9H2,1-3H3. The molecule has 0 bridgehead atoms. The average molecular weight is 211 g/mol. The lowest BCUT2D eigenvalue weighted by Crippen LogP contribution is -2.46. The van der Waals surface area contributed by atoms with Gasteiger partial charge >= 0.3 is 0 Å². The Labute approximate surface area is 93.8 Å². The highest BCUT2D eigenvalue weighted by atomic mass is 15.2. The Bertz CT molecular complexity index is 207. The van der Waals surface area contributed by atoms with E-state index in [2.05, 4.69) is 29.2 Å². The van der Waals surface area contributed by atoms with Crippen molar-refractivity contribution in [3.8, 4) is 0 Å². The molecular weight excluding hydrogens is 186 g/mol. The van der Waals surface area contributed by atoms with Crippen LogP contribution in [0.25, 0.3) is 0 Å². The van der Waals surface area contributed by atoms with E-state index in [-0.39, 0.29) is 0 Å². The first-order valence-corrected chi connectivity index (χ1v) is 6.25. The molecule has 2 fully saturated rings. The lowest BCUT2D eigenvalue weighted by atomic mass is 9.77. The van der Waals surface area contributed by atoms with Crippen LogP contribution in [0.15, 0.2) is 0 Å². The van der Waals surface area contributed by atoms with Gasteiger partial charge in [-0.3, -0.25) is 4.90 Å². The number of nitrogens with one attached hydrogen (secondary N) is 1. The zero-order chi connectivity index (χ0) is 10.8. The van der Waals surface area contributed by atoms with Crippen molar-refractivity contribution in [1.29, 1.82) is 0 Å². The smallest absolute Gasteiger partial charge is 0.0478 e. The number of rotatable bonds is 3. The van der Waals surface area contributed by atoms with E-state index in [0.29, 0.717) is 0 Å². The maximum Gasteiger partial charge on any atom is 0.0478 e. The summed E-state index contributed by atoms with van der Waals surface area (Å²) in [5, 5.41) is 3.27. The van der Waals surface area contributed by atoms with Crippen molar-refractivity contribution in [3.05, 3.63) is 0 Å². The Morgan fingerprint density at radius 1 is 1.33 bits per heavy atom. The molecule has 1 N–H and O–H groups in total. The molecule has 0 amide bonds. The molecule has 15 heavy (non-hydrogen) atoms. The molecule has 0 spiro atoms. The molecule has 3 heteroatoms. The SMILES string of the molecule is CNCN(C)C1CCCC2CN(C)CC21. The number of nitrogens with zero attached hydrogens (tertiary/aromatic N) is 2. The van der Waals surface area contributed by atoms with Gasteiger partial charge < -0.3 is 10.2 Å². The van der Waals surface area contributed by atoms with E-state index in [1.165, 1.54) is 32.4 Å². The molecule has 1 saturated carbocycles. The molecule has 0 aromatic heterocycles. The van der Waals surface area contributed by atoms with Crippen LogP contribution < -0.4 is 5.32 Å². The quantitative estimate of drug-likeness (QED) is 0.698. The van der Waals surface area contributed by atoms with Crippen molar-refractivity contribution in [3.63, 3.8) is 0 Å². The van der Waals surface area contributed by atoms with E-state index in [1.807, 2.05) is 7.05 Å². The van der Waals surface area contributed by atoms with Gasteiger partial charge in [0.2, 0.25) is 0 Å². The van der Waals surface area contributed by atoms with Crippen LogP contribution in [0.1, 0.15) is 19.3 Å². The van der Waals surface area contributed by atoms with Gasteiger partial charge in [0.05, 0.1) is 0 Å². The Morgan fingerprint density at radius 3 is 2.87 bits per heavy atom. The predicted molar refractivity (Wildman–Crippen MR) is 63.8 cm³/mol. The number of hydrogen-bond donors (Lipinski definition) is 1. The highest BCUT2D eigenvalue weighted by molar-refractivity contribution is 4.93. The number of hydrogen-bond acceptors (Lipinski definition) is 3. The van der Waals surface area contributed by atoms with Crippen molar-refractivity contribution in [1.82, 2.24) is 15.1 Å². The first-order valence-electron chi connectivity index (χ1n) is 6.25. The second-order valence-corrected chi connectivity index (χ2v) is 5.41. The molecule has 0 radical (unpaired) electrons. The van der Waals surface area contributed by atoms with E-state index >= 15 is 0 Å². The van der Waals surface area contributed by atoms with Gasteiger partial charge in [0.25, 0.3) is 0 Å². The summed E-state index contributed by atoms with van der Waals surface area (Å²) in [5.41, 5.74) is 0. The minimum Gasteiger partial charge on any atom is -0.307 e. The Morgan fingerprint density at radius 2 is 2.13 bits per heavy atom. The van der Waals surface area contributed by atoms with Crippen LogP contribution in [0.5, 0.6) is 0 Å². The third-order valence-electron chi connectivity index (χ3n) is 4.22. The molecule has 0 aromatic rings. The zero-order valence-electron chi connectivity index (χ0n) is 10.4. The summed E-state index contributed by atoms with van der Waals surface area (Å²) in [6.07, 6.45) is 4.28. The first-order chi connectivity index (χ1) is 7.22. The van der Waals surface area contributed by atoms with Crippen LogP contribution in [-0.4, -0.2) is 56.7 Å². The largest absolute Gasteiger partial charge is 0.307 e. The fourth-order valence-corrected chi connectivity index (χ4v) is 3.58. The zero-order valence-corrected chi connectivity index (χ0v) is 10.4. The van der Waals surface area contributed by atoms with Crippen molar-refractivity contribution in [2.45, 2.75) is 25.3 Å². The van der Waals surface area contributed by atoms with Crippen molar-refractivity contribution in [2.24, 2.45) is 11.8 Å². The third-order valence-corrected chi connectivity index (χ3v) is 4.22. The summed E-state index contributed by atoms with van der Waals surface area (Å²) in [4.78, 5) is 5.02. The normalized spacial score (nSPS) is 37.2. The fraction of sp³-hybridized carbons (Fsp3) is 1.00. The summed E-state index contributed by atoms with van der Waals surface area (Å²) in [6, 6.07) is 0.807. The highest BCUT2D eigenvalue weighted by Gasteiger charge is 2.40. The van der Waals surface area contributed by atoms with Gasteiger partial charge in [-0.25, -0.2) is 0 Å². The van der Waals surface area contributed by atoms with Crippen molar-refractivity contribution >= 4 is 0 Å². The molecule has 0 aromatic carbocycles. The summed E-state index contributed by atoms with van der Waals surface area (Å²) < 4.78 is 0. The molecule has 2 rings (SSSR count). The summed E-state index contributed by atoms with van der Waals surface area (Å²) >= 11 is 0. The van der Waals surface area contributed by atoms with Gasteiger partial charge in [0, 0.05) is 25.8 Å². The molecule has 1 saturated heterocycles. The van der Waals surface area contributed by atoms with Gasteiger partial charge in [0.1, 0.15) is 0 Å². The summed E-state index contributed by atoms with van der Waals surface area (Å²) in [7, 11) is 6.58. The predicted octanol–water partition coefficient (Wildman–Crippen LogP) is 0.825. The molecule has 1 aliphatic heterocycles. The Hall–Kier alpha value is -0.120. The van der Waals surface area contributed by atoms with Gasteiger partial charge in [-0.15, -0.1) is 0 Å². The number of likely N-dealkylation sites (tertiary alicyclic amines) is 1. The molecule has 88 valence electrons. The van der Waals surface area contributed by atoms with Gasteiger partial charge in [0.15, 0.2) is 0 Å². The van der Waals surface area contributed by atoms with Crippen LogP contribution in [-0.2, 0) is 0 Å². The molecule has 1 aliphatic carbocycles. The van der Waals surface area contributed by atoms with Crippen LogP contribution in [0.3, 0.4) is 0 Å². The van der Waals surface area contributed by atoms with E-state index in [0.717, 1.165) is 24.5 Å². The number of fused-ring (bicyclic) bond motifs is 1. The van der Waals surface area contributed by atoms with Crippen LogP contribution in [0, 0.1) is 11.8 Å². The Kier molecular flexibility index (Phi) is 3.65. The molecule has 1 heterocycles. The minimum atomic E-state index is 0.807. The monoisotopic (exact) mass is 211 g/mol. The second-order valence-electron chi connectivity index (χ2n) is 5.41. The van der Waals surface area contributed by atoms with E-state index in [1.54, 1.807) is 0 Å². The van der Waals surface area contributed by atoms with Gasteiger partial charge in [-0.1, -0.05) is 6.42 Å².